The second kappa shape index (κ2) is 14.3. The molecule has 0 aliphatic carbocycles. The molecule has 0 aliphatic rings. The highest BCUT2D eigenvalue weighted by molar-refractivity contribution is 8.00. The van der Waals surface area contributed by atoms with Crippen LogP contribution in [0.2, 0.25) is 0 Å². The van der Waals surface area contributed by atoms with Crippen LogP contribution in [0.1, 0.15) is 40.1 Å². The average Bonchev–Trinajstić information content (AvgIpc) is 3.05. The molecule has 0 fully saturated rings. The number of anilines is 2. The molecule has 0 radical (unpaired) electrons. The van der Waals surface area contributed by atoms with E-state index in [2.05, 4.69) is 16.0 Å². The van der Waals surface area contributed by atoms with E-state index in [-0.39, 0.29) is 17.4 Å². The van der Waals surface area contributed by atoms with Crippen molar-refractivity contribution >= 4 is 63.5 Å². The van der Waals surface area contributed by atoms with Crippen LogP contribution in [-0.4, -0.2) is 28.8 Å². The first-order valence-corrected chi connectivity index (χ1v) is 15.2. The van der Waals surface area contributed by atoms with Gasteiger partial charge in [-0.25, -0.2) is 0 Å². The Morgan fingerprint density at radius 3 is 2.13 bits per heavy atom. The lowest BCUT2D eigenvalue weighted by Gasteiger charge is -2.14. The number of ketones is 1. The molecule has 1 atom stereocenters. The number of amides is 3. The van der Waals surface area contributed by atoms with Gasteiger partial charge in [-0.15, -0.1) is 11.8 Å². The summed E-state index contributed by atoms with van der Waals surface area (Å²) in [5.41, 5.74) is 2.98. The summed E-state index contributed by atoms with van der Waals surface area (Å²) in [6.07, 6.45) is 1.67. The second-order valence-electron chi connectivity index (χ2n) is 10.3. The quantitative estimate of drug-likeness (QED) is 0.0856. The molecule has 7 nitrogen and oxygen atoms in total. The van der Waals surface area contributed by atoms with Gasteiger partial charge in [-0.2, -0.15) is 0 Å². The summed E-state index contributed by atoms with van der Waals surface area (Å²) in [6.45, 7) is 3.28. The van der Waals surface area contributed by atoms with Gasteiger partial charge in [-0.3, -0.25) is 19.2 Å². The van der Waals surface area contributed by atoms with Gasteiger partial charge in [-0.05, 0) is 90.9 Å². The average molecular weight is 614 g/mol. The smallest absolute Gasteiger partial charge is 0.272 e. The lowest BCUT2D eigenvalue weighted by molar-refractivity contribution is -0.115. The normalized spacial score (nSPS) is 11.8. The number of hydrogen-bond donors (Lipinski definition) is 3. The molecule has 8 heteroatoms. The predicted octanol–water partition coefficient (Wildman–Crippen LogP) is 7.57. The van der Waals surface area contributed by atoms with E-state index in [4.69, 9.17) is 0 Å². The van der Waals surface area contributed by atoms with Crippen LogP contribution < -0.4 is 16.0 Å². The van der Waals surface area contributed by atoms with Crippen molar-refractivity contribution in [2.45, 2.75) is 24.0 Å². The topological polar surface area (TPSA) is 104 Å². The minimum atomic E-state index is -0.492. The zero-order valence-corrected chi connectivity index (χ0v) is 25.6. The number of benzene rings is 5. The van der Waals surface area contributed by atoms with Crippen LogP contribution in [0.3, 0.4) is 0 Å². The van der Waals surface area contributed by atoms with Crippen LogP contribution in [0.5, 0.6) is 0 Å². The number of Topliss-reactive ketones (excluding diaryl/α,β-unsaturated/α-hetero) is 1. The number of thioether (sulfide) groups is 1. The monoisotopic (exact) mass is 613 g/mol. The van der Waals surface area contributed by atoms with Gasteiger partial charge in [0.15, 0.2) is 5.78 Å². The van der Waals surface area contributed by atoms with Crippen LogP contribution in [0.4, 0.5) is 11.4 Å². The first-order valence-electron chi connectivity index (χ1n) is 14.3. The molecule has 0 heterocycles. The zero-order chi connectivity index (χ0) is 31.8. The summed E-state index contributed by atoms with van der Waals surface area (Å²) in [5.74, 6) is -1.14. The maximum absolute atomic E-state index is 13.6. The Kier molecular flexibility index (Phi) is 9.87. The largest absolute Gasteiger partial charge is 0.325 e. The van der Waals surface area contributed by atoms with Crippen molar-refractivity contribution in [3.05, 3.63) is 144 Å². The molecule has 0 aliphatic heterocycles. The molecule has 3 amide bonds. The van der Waals surface area contributed by atoms with Crippen LogP contribution in [-0.2, 0) is 9.59 Å². The fourth-order valence-corrected chi connectivity index (χ4v) is 5.54. The van der Waals surface area contributed by atoms with E-state index in [0.717, 1.165) is 21.2 Å². The van der Waals surface area contributed by atoms with Crippen molar-refractivity contribution in [2.24, 2.45) is 0 Å². The zero-order valence-electron chi connectivity index (χ0n) is 24.7. The second-order valence-corrected chi connectivity index (χ2v) is 11.7. The van der Waals surface area contributed by atoms with Gasteiger partial charge in [0, 0.05) is 27.4 Å². The molecule has 5 aromatic rings. The summed E-state index contributed by atoms with van der Waals surface area (Å²) in [5, 5.41) is 10.1. The summed E-state index contributed by atoms with van der Waals surface area (Å²) in [7, 11) is 0. The maximum atomic E-state index is 13.6. The number of fused-ring (bicyclic) bond motifs is 1. The fourth-order valence-electron chi connectivity index (χ4n) is 4.61. The van der Waals surface area contributed by atoms with Crippen molar-refractivity contribution in [3.63, 3.8) is 0 Å². The number of carbonyl (C=O) groups excluding carboxylic acids is 4. The molecular formula is C37H31N3O4S. The minimum absolute atomic E-state index is 0.0430. The molecule has 0 saturated carbocycles. The highest BCUT2D eigenvalue weighted by Gasteiger charge is 2.18. The number of rotatable bonds is 10. The Morgan fingerprint density at radius 1 is 0.689 bits per heavy atom. The number of hydrogen-bond acceptors (Lipinski definition) is 5. The Labute approximate surface area is 265 Å². The molecule has 0 aromatic heterocycles. The Balaban J connectivity index is 1.33. The first-order chi connectivity index (χ1) is 21.8. The van der Waals surface area contributed by atoms with Crippen molar-refractivity contribution in [1.29, 1.82) is 0 Å². The van der Waals surface area contributed by atoms with E-state index in [1.165, 1.54) is 18.7 Å². The Bertz CT molecular complexity index is 1900. The molecular weight excluding hydrogens is 582 g/mol. The maximum Gasteiger partial charge on any atom is 0.272 e. The molecule has 45 heavy (non-hydrogen) atoms. The number of nitrogens with one attached hydrogen (secondary N) is 3. The molecule has 0 bridgehead atoms. The van der Waals surface area contributed by atoms with Gasteiger partial charge in [0.05, 0.1) is 5.25 Å². The highest BCUT2D eigenvalue weighted by atomic mass is 32.2. The molecule has 0 spiro atoms. The van der Waals surface area contributed by atoms with Crippen molar-refractivity contribution in [3.8, 4) is 0 Å². The molecule has 3 N–H and O–H groups in total. The molecule has 0 saturated heterocycles. The van der Waals surface area contributed by atoms with E-state index >= 15 is 0 Å². The summed E-state index contributed by atoms with van der Waals surface area (Å²) in [4.78, 5) is 51.9. The SMILES string of the molecule is CC(=O)c1ccc(NC(=O)C(C)Sc2cccc(NC(=O)/C(=C\c3cccc4ccccc34)NC(=O)c3ccccc3)c2)cc1. The lowest BCUT2D eigenvalue weighted by Crippen LogP contribution is -2.30. The van der Waals surface area contributed by atoms with Crippen LogP contribution in [0.25, 0.3) is 16.8 Å². The summed E-state index contributed by atoms with van der Waals surface area (Å²) < 4.78 is 0. The van der Waals surface area contributed by atoms with Gasteiger partial charge < -0.3 is 16.0 Å². The van der Waals surface area contributed by atoms with Gasteiger partial charge in [0.25, 0.3) is 11.8 Å². The molecule has 224 valence electrons. The predicted molar refractivity (Wildman–Crippen MR) is 181 cm³/mol. The lowest BCUT2D eigenvalue weighted by atomic mass is 10.0. The van der Waals surface area contributed by atoms with Gasteiger partial charge in [0.2, 0.25) is 5.91 Å². The molecule has 1 unspecified atom stereocenters. The van der Waals surface area contributed by atoms with E-state index in [9.17, 15) is 19.2 Å². The van der Waals surface area contributed by atoms with Crippen molar-refractivity contribution in [1.82, 2.24) is 5.32 Å². The standard InChI is InChI=1S/C37H31N3O4S/c1-24(41)26-18-20-30(21-19-26)38-35(42)25(2)45-32-16-9-15-31(23-32)39-37(44)34(40-36(43)28-11-4-3-5-12-28)22-29-14-8-13-27-10-6-7-17-33(27)29/h3-23,25H,1-2H3,(H,38,42)(H,39,44)(H,40,43)/b34-22+. The summed E-state index contributed by atoms with van der Waals surface area (Å²) >= 11 is 1.34. The molecule has 5 aromatic carbocycles. The third-order valence-corrected chi connectivity index (χ3v) is 8.08. The Hall–Kier alpha value is -5.47. The first kappa shape index (κ1) is 31.0. The summed E-state index contributed by atoms with van der Waals surface area (Å²) in [6, 6.07) is 36.2. The van der Waals surface area contributed by atoms with Crippen LogP contribution in [0.15, 0.2) is 132 Å². The highest BCUT2D eigenvalue weighted by Crippen LogP contribution is 2.27. The van der Waals surface area contributed by atoms with E-state index in [1.54, 1.807) is 79.7 Å². The fraction of sp³-hybridized carbons (Fsp3) is 0.0811. The van der Waals surface area contributed by atoms with Crippen molar-refractivity contribution in [2.75, 3.05) is 10.6 Å². The van der Waals surface area contributed by atoms with Crippen LogP contribution >= 0.6 is 11.8 Å². The molecule has 5 rings (SSSR count). The van der Waals surface area contributed by atoms with E-state index < -0.39 is 17.1 Å². The van der Waals surface area contributed by atoms with E-state index in [0.29, 0.717) is 22.5 Å². The third kappa shape index (κ3) is 8.13. The van der Waals surface area contributed by atoms with Gasteiger partial charge >= 0.3 is 0 Å². The third-order valence-electron chi connectivity index (χ3n) is 6.98. The van der Waals surface area contributed by atoms with Crippen LogP contribution in [0, 0.1) is 0 Å². The van der Waals surface area contributed by atoms with E-state index in [1.807, 2.05) is 54.6 Å². The van der Waals surface area contributed by atoms with Crippen molar-refractivity contribution < 1.29 is 19.2 Å². The minimum Gasteiger partial charge on any atom is -0.325 e. The Morgan fingerprint density at radius 2 is 1.38 bits per heavy atom. The van der Waals surface area contributed by atoms with Gasteiger partial charge in [-0.1, -0.05) is 66.7 Å². The number of carbonyl (C=O) groups is 4. The van der Waals surface area contributed by atoms with Gasteiger partial charge in [0.1, 0.15) is 5.70 Å².